The number of piperidine rings is 1. The molecule has 2 heteroatoms. The van der Waals surface area contributed by atoms with E-state index in [1.165, 1.54) is 13.0 Å². The second kappa shape index (κ2) is 1.74. The largest absolute Gasteiger partial charge is 0.395 e. The van der Waals surface area contributed by atoms with Gasteiger partial charge in [-0.05, 0) is 24.8 Å². The lowest BCUT2D eigenvalue weighted by Gasteiger charge is -2.24. The van der Waals surface area contributed by atoms with Crippen LogP contribution >= 0.6 is 0 Å². The number of likely N-dealkylation sites (N-methyl/N-ethyl adjacent to an activating group) is 1. The number of nitrogens with zero attached hydrogens (tertiary/aromatic N) is 1. The Labute approximate surface area is 61.8 Å². The smallest absolute Gasteiger partial charge is 0.0592 e. The molecule has 1 saturated carbocycles. The van der Waals surface area contributed by atoms with E-state index < -0.39 is 0 Å². The summed E-state index contributed by atoms with van der Waals surface area (Å²) in [6.07, 6.45) is 1.34. The zero-order valence-electron chi connectivity index (χ0n) is 6.67. The maximum Gasteiger partial charge on any atom is 0.0592 e. The second-order valence-corrected chi connectivity index (χ2v) is 4.04. The highest BCUT2D eigenvalue weighted by Crippen LogP contribution is 2.60. The molecule has 1 aliphatic heterocycles. The normalized spacial score (nSPS) is 53.1. The minimum Gasteiger partial charge on any atom is -0.395 e. The van der Waals surface area contributed by atoms with E-state index in [1.807, 2.05) is 0 Å². The van der Waals surface area contributed by atoms with Crippen LogP contribution in [0.4, 0.5) is 0 Å². The van der Waals surface area contributed by atoms with E-state index in [-0.39, 0.29) is 0 Å². The van der Waals surface area contributed by atoms with E-state index in [0.717, 1.165) is 5.92 Å². The molecule has 0 bridgehead atoms. The lowest BCUT2D eigenvalue weighted by atomic mass is 10.00. The summed E-state index contributed by atoms with van der Waals surface area (Å²) in [5.74, 6) is 0.884. The molecule has 1 aliphatic carbocycles. The van der Waals surface area contributed by atoms with Crippen LogP contribution in [0.1, 0.15) is 13.3 Å². The van der Waals surface area contributed by atoms with Crippen molar-refractivity contribution in [2.45, 2.75) is 19.4 Å². The minimum absolute atomic E-state index is 0.337. The zero-order chi connectivity index (χ0) is 7.35. The molecule has 0 aromatic rings. The van der Waals surface area contributed by atoms with Crippen molar-refractivity contribution in [1.82, 2.24) is 4.90 Å². The Morgan fingerprint density at radius 3 is 2.70 bits per heavy atom. The average Bonchev–Trinajstić information content (AvgIpc) is 2.38. The quantitative estimate of drug-likeness (QED) is 0.568. The number of aliphatic hydroxyl groups is 1. The van der Waals surface area contributed by atoms with Crippen LogP contribution in [-0.2, 0) is 0 Å². The number of aliphatic hydroxyl groups excluding tert-OH is 1. The summed E-state index contributed by atoms with van der Waals surface area (Å²) in [6, 6.07) is 0.442. The summed E-state index contributed by atoms with van der Waals surface area (Å²) in [5, 5.41) is 9.06. The van der Waals surface area contributed by atoms with Crippen LogP contribution in [0, 0.1) is 11.3 Å². The Bertz CT molecular complexity index is 159. The predicted molar refractivity (Wildman–Crippen MR) is 39.7 cm³/mol. The highest BCUT2D eigenvalue weighted by Gasteiger charge is 2.61. The van der Waals surface area contributed by atoms with Crippen molar-refractivity contribution in [3.05, 3.63) is 0 Å². The number of fused-ring (bicyclic) bond motifs is 1. The fourth-order valence-electron chi connectivity index (χ4n) is 2.48. The van der Waals surface area contributed by atoms with Gasteiger partial charge >= 0.3 is 0 Å². The summed E-state index contributed by atoms with van der Waals surface area (Å²) in [7, 11) is 2.11. The van der Waals surface area contributed by atoms with Gasteiger partial charge in [-0.1, -0.05) is 6.92 Å². The van der Waals surface area contributed by atoms with Gasteiger partial charge in [0.05, 0.1) is 6.61 Å². The third-order valence-electron chi connectivity index (χ3n) is 3.43. The van der Waals surface area contributed by atoms with Crippen LogP contribution in [0.15, 0.2) is 0 Å². The van der Waals surface area contributed by atoms with E-state index in [4.69, 9.17) is 5.11 Å². The third kappa shape index (κ3) is 0.611. The van der Waals surface area contributed by atoms with E-state index in [9.17, 15) is 0 Å². The highest BCUT2D eigenvalue weighted by atomic mass is 16.3. The van der Waals surface area contributed by atoms with Crippen molar-refractivity contribution >= 4 is 0 Å². The van der Waals surface area contributed by atoms with Crippen molar-refractivity contribution in [2.75, 3.05) is 20.2 Å². The number of rotatable bonds is 1. The molecule has 0 aromatic carbocycles. The minimum atomic E-state index is 0.337. The number of hydrogen-bond acceptors (Lipinski definition) is 2. The van der Waals surface area contributed by atoms with Gasteiger partial charge in [-0.3, -0.25) is 0 Å². The Balaban J connectivity index is 2.14. The van der Waals surface area contributed by atoms with Gasteiger partial charge in [-0.15, -0.1) is 0 Å². The van der Waals surface area contributed by atoms with Crippen LogP contribution in [0.3, 0.4) is 0 Å². The first-order chi connectivity index (χ1) is 4.68. The maximum absolute atomic E-state index is 9.06. The van der Waals surface area contributed by atoms with Crippen LogP contribution in [0.5, 0.6) is 0 Å². The maximum atomic E-state index is 9.06. The summed E-state index contributed by atoms with van der Waals surface area (Å²) < 4.78 is 0. The Kier molecular flexibility index (Phi) is 1.15. The Hall–Kier alpha value is -0.0800. The summed E-state index contributed by atoms with van der Waals surface area (Å²) in [4.78, 5) is 2.29. The second-order valence-electron chi connectivity index (χ2n) is 4.04. The van der Waals surface area contributed by atoms with E-state index >= 15 is 0 Å². The molecular formula is C8H15NO. The fourth-order valence-corrected chi connectivity index (χ4v) is 2.48. The van der Waals surface area contributed by atoms with Gasteiger partial charge in [0.1, 0.15) is 0 Å². The van der Waals surface area contributed by atoms with E-state index in [2.05, 4.69) is 18.9 Å². The SMILES string of the molecule is CN1C[C@@H]2C[C@]2(C)[C@H]1CO. The summed E-state index contributed by atoms with van der Waals surface area (Å²) in [6.45, 7) is 3.83. The first kappa shape index (κ1) is 6.62. The molecule has 0 unspecified atom stereocenters. The average molecular weight is 141 g/mol. The van der Waals surface area contributed by atoms with Gasteiger partial charge in [-0.25, -0.2) is 0 Å². The molecular weight excluding hydrogens is 126 g/mol. The first-order valence-electron chi connectivity index (χ1n) is 3.99. The fraction of sp³-hybridized carbons (Fsp3) is 1.00. The van der Waals surface area contributed by atoms with Crippen molar-refractivity contribution in [1.29, 1.82) is 0 Å². The molecule has 1 N–H and O–H groups in total. The van der Waals surface area contributed by atoms with Crippen molar-refractivity contribution in [3.8, 4) is 0 Å². The monoisotopic (exact) mass is 141 g/mol. The lowest BCUT2D eigenvalue weighted by molar-refractivity contribution is 0.134. The van der Waals surface area contributed by atoms with Crippen LogP contribution in [-0.4, -0.2) is 36.2 Å². The van der Waals surface area contributed by atoms with Crippen molar-refractivity contribution in [3.63, 3.8) is 0 Å². The molecule has 0 radical (unpaired) electrons. The topological polar surface area (TPSA) is 23.5 Å². The molecule has 2 rings (SSSR count). The molecule has 1 heterocycles. The molecule has 1 saturated heterocycles. The third-order valence-corrected chi connectivity index (χ3v) is 3.43. The first-order valence-corrected chi connectivity index (χ1v) is 3.99. The Morgan fingerprint density at radius 2 is 2.40 bits per heavy atom. The molecule has 0 aromatic heterocycles. The standard InChI is InChI=1S/C8H15NO/c1-8-3-6(8)4-9(2)7(8)5-10/h6-7,10H,3-5H2,1-2H3/t6-,7+,8-/m0/s1. The molecule has 2 fully saturated rings. The van der Waals surface area contributed by atoms with Crippen molar-refractivity contribution in [2.24, 2.45) is 11.3 Å². The molecule has 0 amide bonds. The number of hydrogen-bond donors (Lipinski definition) is 1. The molecule has 0 spiro atoms. The molecule has 3 atom stereocenters. The van der Waals surface area contributed by atoms with Crippen LogP contribution < -0.4 is 0 Å². The van der Waals surface area contributed by atoms with Crippen LogP contribution in [0.2, 0.25) is 0 Å². The molecule has 58 valence electrons. The predicted octanol–water partition coefficient (Wildman–Crippen LogP) is 0.319. The molecule has 10 heavy (non-hydrogen) atoms. The zero-order valence-corrected chi connectivity index (χ0v) is 6.67. The van der Waals surface area contributed by atoms with Gasteiger partial charge in [0.25, 0.3) is 0 Å². The van der Waals surface area contributed by atoms with Gasteiger partial charge in [0, 0.05) is 12.6 Å². The summed E-state index contributed by atoms with van der Waals surface area (Å²) in [5.41, 5.74) is 0.476. The van der Waals surface area contributed by atoms with Gasteiger partial charge in [-0.2, -0.15) is 0 Å². The van der Waals surface area contributed by atoms with Crippen molar-refractivity contribution < 1.29 is 5.11 Å². The number of likely N-dealkylation sites (tertiary alicyclic amines) is 1. The highest BCUT2D eigenvalue weighted by molar-refractivity contribution is 5.12. The van der Waals surface area contributed by atoms with Gasteiger partial charge in [0.15, 0.2) is 0 Å². The lowest BCUT2D eigenvalue weighted by Crippen LogP contribution is -2.35. The molecule has 2 nitrogen and oxygen atoms in total. The van der Waals surface area contributed by atoms with E-state index in [0.29, 0.717) is 18.1 Å². The Morgan fingerprint density at radius 1 is 1.70 bits per heavy atom. The van der Waals surface area contributed by atoms with Crippen LogP contribution in [0.25, 0.3) is 0 Å². The van der Waals surface area contributed by atoms with Gasteiger partial charge < -0.3 is 10.0 Å². The van der Waals surface area contributed by atoms with E-state index in [1.54, 1.807) is 0 Å². The van der Waals surface area contributed by atoms with Gasteiger partial charge in [0.2, 0.25) is 0 Å². The summed E-state index contributed by atoms with van der Waals surface area (Å²) >= 11 is 0. The molecule has 2 aliphatic rings.